The standard InChI is InChI=1S/C16H23BrFN/c1-2-12-4-3-5-15(8-6-12)19-11-13-10-14(17)7-9-16(13)18/h7,9-10,12,15,19H,2-6,8,11H2,1H3. The highest BCUT2D eigenvalue weighted by atomic mass is 79.9. The SMILES string of the molecule is CCC1CCCC(NCc2cc(Br)ccc2F)CC1. The van der Waals surface area contributed by atoms with Crippen LogP contribution < -0.4 is 5.32 Å². The van der Waals surface area contributed by atoms with E-state index in [4.69, 9.17) is 0 Å². The minimum absolute atomic E-state index is 0.115. The van der Waals surface area contributed by atoms with E-state index in [-0.39, 0.29) is 5.82 Å². The number of nitrogens with one attached hydrogen (secondary N) is 1. The van der Waals surface area contributed by atoms with Gasteiger partial charge in [0.15, 0.2) is 0 Å². The molecule has 1 aliphatic rings. The number of hydrogen-bond acceptors (Lipinski definition) is 1. The zero-order valence-corrected chi connectivity index (χ0v) is 13.2. The van der Waals surface area contributed by atoms with Gasteiger partial charge in [0, 0.05) is 22.6 Å². The van der Waals surface area contributed by atoms with Crippen LogP contribution >= 0.6 is 15.9 Å². The first-order chi connectivity index (χ1) is 9.19. The maximum absolute atomic E-state index is 13.7. The van der Waals surface area contributed by atoms with E-state index in [0.717, 1.165) is 16.0 Å². The van der Waals surface area contributed by atoms with Crippen molar-refractivity contribution in [3.05, 3.63) is 34.1 Å². The van der Waals surface area contributed by atoms with Gasteiger partial charge in [-0.05, 0) is 43.4 Å². The summed E-state index contributed by atoms with van der Waals surface area (Å²) < 4.78 is 14.6. The Hall–Kier alpha value is -0.410. The molecule has 0 aromatic heterocycles. The number of rotatable bonds is 4. The Morgan fingerprint density at radius 1 is 1.26 bits per heavy atom. The summed E-state index contributed by atoms with van der Waals surface area (Å²) in [5, 5.41) is 3.53. The van der Waals surface area contributed by atoms with Crippen molar-refractivity contribution in [2.75, 3.05) is 0 Å². The fraction of sp³-hybridized carbons (Fsp3) is 0.625. The Bertz CT molecular complexity index is 408. The van der Waals surface area contributed by atoms with E-state index in [1.54, 1.807) is 6.07 Å². The first-order valence-electron chi connectivity index (χ1n) is 7.36. The van der Waals surface area contributed by atoms with Crippen LogP contribution in [0.15, 0.2) is 22.7 Å². The van der Waals surface area contributed by atoms with E-state index in [9.17, 15) is 4.39 Å². The quantitative estimate of drug-likeness (QED) is 0.764. The molecule has 3 heteroatoms. The van der Waals surface area contributed by atoms with Crippen molar-refractivity contribution in [1.29, 1.82) is 0 Å². The van der Waals surface area contributed by atoms with Crippen molar-refractivity contribution in [2.45, 2.75) is 58.0 Å². The predicted molar refractivity (Wildman–Crippen MR) is 81.6 cm³/mol. The zero-order chi connectivity index (χ0) is 13.7. The molecule has 1 fully saturated rings. The normalized spacial score (nSPS) is 24.2. The van der Waals surface area contributed by atoms with Gasteiger partial charge in [0.2, 0.25) is 0 Å². The molecule has 0 saturated heterocycles. The second kappa shape index (κ2) is 7.39. The first-order valence-corrected chi connectivity index (χ1v) is 8.15. The van der Waals surface area contributed by atoms with E-state index in [0.29, 0.717) is 12.6 Å². The van der Waals surface area contributed by atoms with Crippen LogP contribution in [0.1, 0.15) is 51.0 Å². The lowest BCUT2D eigenvalue weighted by Crippen LogP contribution is -2.28. The summed E-state index contributed by atoms with van der Waals surface area (Å²) in [5.41, 5.74) is 0.755. The molecule has 1 saturated carbocycles. The summed E-state index contributed by atoms with van der Waals surface area (Å²) in [4.78, 5) is 0. The maximum Gasteiger partial charge on any atom is 0.127 e. The van der Waals surface area contributed by atoms with Crippen molar-refractivity contribution >= 4 is 15.9 Å². The third-order valence-corrected chi connectivity index (χ3v) is 4.75. The van der Waals surface area contributed by atoms with Crippen molar-refractivity contribution in [3.63, 3.8) is 0 Å². The highest BCUT2D eigenvalue weighted by Gasteiger charge is 2.17. The molecule has 0 bridgehead atoms. The highest BCUT2D eigenvalue weighted by Crippen LogP contribution is 2.26. The van der Waals surface area contributed by atoms with Crippen LogP contribution in [0.25, 0.3) is 0 Å². The van der Waals surface area contributed by atoms with Crippen LogP contribution in [0.5, 0.6) is 0 Å². The number of halogens is 2. The third-order valence-electron chi connectivity index (χ3n) is 4.25. The zero-order valence-electron chi connectivity index (χ0n) is 11.6. The molecule has 0 heterocycles. The van der Waals surface area contributed by atoms with Gasteiger partial charge in [-0.3, -0.25) is 0 Å². The Balaban J connectivity index is 1.86. The smallest absolute Gasteiger partial charge is 0.127 e. The molecule has 1 aliphatic carbocycles. The molecule has 1 aromatic rings. The number of benzene rings is 1. The lowest BCUT2D eigenvalue weighted by molar-refractivity contribution is 0.423. The molecule has 19 heavy (non-hydrogen) atoms. The predicted octanol–water partition coefficient (Wildman–Crippen LogP) is 5.04. The minimum Gasteiger partial charge on any atom is -0.310 e. The van der Waals surface area contributed by atoms with Crippen LogP contribution in [-0.2, 0) is 6.54 Å². The average Bonchev–Trinajstić information content (AvgIpc) is 2.65. The van der Waals surface area contributed by atoms with Gasteiger partial charge in [0.05, 0.1) is 0 Å². The van der Waals surface area contributed by atoms with Crippen molar-refractivity contribution < 1.29 is 4.39 Å². The monoisotopic (exact) mass is 327 g/mol. The van der Waals surface area contributed by atoms with E-state index < -0.39 is 0 Å². The lowest BCUT2D eigenvalue weighted by atomic mass is 9.98. The molecule has 0 spiro atoms. The van der Waals surface area contributed by atoms with Gasteiger partial charge >= 0.3 is 0 Å². The first kappa shape index (κ1) is 15.0. The minimum atomic E-state index is -0.115. The van der Waals surface area contributed by atoms with Crippen LogP contribution in [0.2, 0.25) is 0 Å². The molecule has 0 amide bonds. The highest BCUT2D eigenvalue weighted by molar-refractivity contribution is 9.10. The molecule has 1 nitrogen and oxygen atoms in total. The summed E-state index contributed by atoms with van der Waals surface area (Å²) in [6, 6.07) is 5.70. The molecular weight excluding hydrogens is 305 g/mol. The van der Waals surface area contributed by atoms with Crippen molar-refractivity contribution in [1.82, 2.24) is 5.32 Å². The van der Waals surface area contributed by atoms with Gasteiger partial charge in [-0.1, -0.05) is 42.1 Å². The Kier molecular flexibility index (Phi) is 5.83. The Morgan fingerprint density at radius 3 is 2.89 bits per heavy atom. The van der Waals surface area contributed by atoms with Gasteiger partial charge in [0.25, 0.3) is 0 Å². The third kappa shape index (κ3) is 4.57. The van der Waals surface area contributed by atoms with Gasteiger partial charge in [-0.2, -0.15) is 0 Å². The second-order valence-corrected chi connectivity index (χ2v) is 6.51. The Morgan fingerprint density at radius 2 is 2.11 bits per heavy atom. The number of hydrogen-bond donors (Lipinski definition) is 1. The van der Waals surface area contributed by atoms with Gasteiger partial charge in [-0.25, -0.2) is 4.39 Å². The van der Waals surface area contributed by atoms with Gasteiger partial charge in [-0.15, -0.1) is 0 Å². The molecule has 1 aromatic carbocycles. The fourth-order valence-corrected chi connectivity index (χ4v) is 3.33. The van der Waals surface area contributed by atoms with Gasteiger partial charge in [0.1, 0.15) is 5.82 Å². The Labute approximate surface area is 124 Å². The summed E-state index contributed by atoms with van der Waals surface area (Å²) in [5.74, 6) is 0.783. The molecule has 106 valence electrons. The van der Waals surface area contributed by atoms with E-state index >= 15 is 0 Å². The van der Waals surface area contributed by atoms with E-state index in [1.807, 2.05) is 6.07 Å². The maximum atomic E-state index is 13.7. The van der Waals surface area contributed by atoms with Crippen molar-refractivity contribution in [3.8, 4) is 0 Å². The average molecular weight is 328 g/mol. The molecule has 2 rings (SSSR count). The summed E-state index contributed by atoms with van der Waals surface area (Å²) in [6.45, 7) is 2.92. The summed E-state index contributed by atoms with van der Waals surface area (Å²) in [7, 11) is 0. The molecule has 0 radical (unpaired) electrons. The second-order valence-electron chi connectivity index (χ2n) is 5.60. The molecule has 0 aliphatic heterocycles. The van der Waals surface area contributed by atoms with Crippen LogP contribution in [0, 0.1) is 11.7 Å². The topological polar surface area (TPSA) is 12.0 Å². The molecular formula is C16H23BrFN. The van der Waals surface area contributed by atoms with E-state index in [2.05, 4.69) is 28.2 Å². The fourth-order valence-electron chi connectivity index (χ4n) is 2.92. The summed E-state index contributed by atoms with van der Waals surface area (Å²) >= 11 is 3.40. The largest absolute Gasteiger partial charge is 0.310 e. The van der Waals surface area contributed by atoms with E-state index in [1.165, 1.54) is 44.6 Å². The van der Waals surface area contributed by atoms with Crippen LogP contribution in [0.4, 0.5) is 4.39 Å². The molecule has 1 N–H and O–H groups in total. The van der Waals surface area contributed by atoms with Crippen LogP contribution in [0.3, 0.4) is 0 Å². The lowest BCUT2D eigenvalue weighted by Gasteiger charge is -2.17. The van der Waals surface area contributed by atoms with Crippen LogP contribution in [-0.4, -0.2) is 6.04 Å². The molecule has 2 atom stereocenters. The van der Waals surface area contributed by atoms with Gasteiger partial charge < -0.3 is 5.32 Å². The summed E-state index contributed by atoms with van der Waals surface area (Å²) in [6.07, 6.45) is 7.74. The van der Waals surface area contributed by atoms with Crippen molar-refractivity contribution in [2.24, 2.45) is 5.92 Å². The molecule has 2 unspecified atom stereocenters.